The van der Waals surface area contributed by atoms with E-state index in [-0.39, 0.29) is 27.0 Å². The molecular formula is C13H8Cl2N2O3. The van der Waals surface area contributed by atoms with Gasteiger partial charge in [0.05, 0.1) is 20.5 Å². The first-order valence-electron chi connectivity index (χ1n) is 5.49. The summed E-state index contributed by atoms with van der Waals surface area (Å²) in [6, 6.07) is 10.4. The summed E-state index contributed by atoms with van der Waals surface area (Å²) < 4.78 is 0. The van der Waals surface area contributed by atoms with Crippen molar-refractivity contribution in [3.63, 3.8) is 0 Å². The first-order chi connectivity index (χ1) is 9.50. The highest BCUT2D eigenvalue weighted by Gasteiger charge is 2.18. The number of benzene rings is 2. The van der Waals surface area contributed by atoms with Crippen LogP contribution in [0.15, 0.2) is 42.5 Å². The molecule has 0 aliphatic rings. The number of hydrogen-bond donors (Lipinski definition) is 1. The van der Waals surface area contributed by atoms with Gasteiger partial charge in [0.1, 0.15) is 5.69 Å². The van der Waals surface area contributed by atoms with Crippen LogP contribution in [0.3, 0.4) is 0 Å². The summed E-state index contributed by atoms with van der Waals surface area (Å²) in [5, 5.41) is 13.7. The number of nitro benzene ring substituents is 1. The highest BCUT2D eigenvalue weighted by atomic mass is 35.5. The Morgan fingerprint density at radius 2 is 1.80 bits per heavy atom. The molecule has 0 aliphatic heterocycles. The fraction of sp³-hybridized carbons (Fsp3) is 0. The first kappa shape index (κ1) is 14.3. The molecule has 0 radical (unpaired) electrons. The van der Waals surface area contributed by atoms with Gasteiger partial charge in [-0.2, -0.15) is 0 Å². The number of anilines is 1. The number of hydrogen-bond acceptors (Lipinski definition) is 3. The van der Waals surface area contributed by atoms with E-state index in [4.69, 9.17) is 23.2 Å². The third-order valence-electron chi connectivity index (χ3n) is 2.55. The SMILES string of the molecule is O=C(Nc1ccccc1[N+](=O)[O-])c1cccc(Cl)c1Cl. The lowest BCUT2D eigenvalue weighted by Crippen LogP contribution is -2.13. The van der Waals surface area contributed by atoms with Crippen molar-refractivity contribution >= 4 is 40.5 Å². The Hall–Kier alpha value is -2.11. The van der Waals surface area contributed by atoms with E-state index in [1.165, 1.54) is 24.3 Å². The number of para-hydroxylation sites is 2. The molecule has 0 aliphatic carbocycles. The standard InChI is InChI=1S/C13H8Cl2N2O3/c14-9-5-3-4-8(12(9)15)13(18)16-10-6-1-2-7-11(10)17(19)20/h1-7H,(H,16,18). The lowest BCUT2D eigenvalue weighted by Gasteiger charge is -2.07. The van der Waals surface area contributed by atoms with Crippen LogP contribution >= 0.6 is 23.2 Å². The van der Waals surface area contributed by atoms with Gasteiger partial charge in [0.25, 0.3) is 11.6 Å². The van der Waals surface area contributed by atoms with Gasteiger partial charge >= 0.3 is 0 Å². The van der Waals surface area contributed by atoms with Crippen molar-refractivity contribution in [2.45, 2.75) is 0 Å². The molecule has 2 rings (SSSR count). The Morgan fingerprint density at radius 1 is 1.10 bits per heavy atom. The van der Waals surface area contributed by atoms with Gasteiger partial charge in [-0.1, -0.05) is 41.4 Å². The molecule has 0 bridgehead atoms. The van der Waals surface area contributed by atoms with Crippen molar-refractivity contribution in [2.75, 3.05) is 5.32 Å². The molecular weight excluding hydrogens is 303 g/mol. The summed E-state index contributed by atoms with van der Waals surface area (Å²) in [6.07, 6.45) is 0. The maximum absolute atomic E-state index is 12.1. The predicted molar refractivity (Wildman–Crippen MR) is 77.5 cm³/mol. The molecule has 2 aromatic rings. The highest BCUT2D eigenvalue weighted by Crippen LogP contribution is 2.28. The van der Waals surface area contributed by atoms with E-state index in [2.05, 4.69) is 5.32 Å². The van der Waals surface area contributed by atoms with E-state index in [1.54, 1.807) is 18.2 Å². The number of halogens is 2. The fourth-order valence-corrected chi connectivity index (χ4v) is 1.99. The minimum absolute atomic E-state index is 0.0959. The number of carbonyl (C=O) groups excluding carboxylic acids is 1. The second-order valence-corrected chi connectivity index (χ2v) is 4.61. The minimum Gasteiger partial charge on any atom is -0.316 e. The van der Waals surface area contributed by atoms with Gasteiger partial charge in [0, 0.05) is 6.07 Å². The number of nitrogens with zero attached hydrogens (tertiary/aromatic N) is 1. The summed E-state index contributed by atoms with van der Waals surface area (Å²) in [7, 11) is 0. The van der Waals surface area contributed by atoms with Crippen LogP contribution in [0.2, 0.25) is 10.0 Å². The van der Waals surface area contributed by atoms with Gasteiger partial charge in [-0.15, -0.1) is 0 Å². The van der Waals surface area contributed by atoms with Gasteiger partial charge in [0.2, 0.25) is 0 Å². The molecule has 0 fully saturated rings. The van der Waals surface area contributed by atoms with Gasteiger partial charge < -0.3 is 5.32 Å². The lowest BCUT2D eigenvalue weighted by molar-refractivity contribution is -0.383. The van der Waals surface area contributed by atoms with E-state index >= 15 is 0 Å². The largest absolute Gasteiger partial charge is 0.316 e. The Kier molecular flexibility index (Phi) is 4.22. The van der Waals surface area contributed by atoms with Gasteiger partial charge in [-0.25, -0.2) is 0 Å². The lowest BCUT2D eigenvalue weighted by atomic mass is 10.2. The Balaban J connectivity index is 2.33. The second-order valence-electron chi connectivity index (χ2n) is 3.83. The summed E-state index contributed by atoms with van der Waals surface area (Å²) in [5.41, 5.74) is 0.0508. The fourth-order valence-electron chi connectivity index (χ4n) is 1.61. The maximum atomic E-state index is 12.1. The monoisotopic (exact) mass is 310 g/mol. The smallest absolute Gasteiger partial charge is 0.292 e. The van der Waals surface area contributed by atoms with E-state index in [9.17, 15) is 14.9 Å². The van der Waals surface area contributed by atoms with Crippen LogP contribution < -0.4 is 5.32 Å². The summed E-state index contributed by atoms with van der Waals surface area (Å²) >= 11 is 11.8. The van der Waals surface area contributed by atoms with Crippen LogP contribution in [-0.4, -0.2) is 10.8 Å². The molecule has 102 valence electrons. The van der Waals surface area contributed by atoms with Crippen molar-refractivity contribution in [3.05, 3.63) is 68.2 Å². The van der Waals surface area contributed by atoms with Crippen LogP contribution in [0.5, 0.6) is 0 Å². The summed E-state index contributed by atoms with van der Waals surface area (Å²) in [4.78, 5) is 22.4. The van der Waals surface area contributed by atoms with Gasteiger partial charge in [-0.3, -0.25) is 14.9 Å². The number of nitro groups is 1. The van der Waals surface area contributed by atoms with Crippen LogP contribution in [0.1, 0.15) is 10.4 Å². The molecule has 7 heteroatoms. The third-order valence-corrected chi connectivity index (χ3v) is 3.36. The first-order valence-corrected chi connectivity index (χ1v) is 6.25. The Morgan fingerprint density at radius 3 is 2.50 bits per heavy atom. The van der Waals surface area contributed by atoms with Crippen LogP contribution in [0.4, 0.5) is 11.4 Å². The van der Waals surface area contributed by atoms with Crippen LogP contribution in [0.25, 0.3) is 0 Å². The highest BCUT2D eigenvalue weighted by molar-refractivity contribution is 6.44. The molecule has 5 nitrogen and oxygen atoms in total. The molecule has 1 N–H and O–H groups in total. The normalized spacial score (nSPS) is 10.1. The molecule has 1 amide bonds. The third kappa shape index (κ3) is 2.89. The summed E-state index contributed by atoms with van der Waals surface area (Å²) in [6.45, 7) is 0. The van der Waals surface area contributed by atoms with Crippen LogP contribution in [-0.2, 0) is 0 Å². The van der Waals surface area contributed by atoms with Crippen molar-refractivity contribution in [1.82, 2.24) is 0 Å². The number of rotatable bonds is 3. The van der Waals surface area contributed by atoms with E-state index < -0.39 is 10.8 Å². The molecule has 0 aromatic heterocycles. The van der Waals surface area contributed by atoms with Crippen molar-refractivity contribution in [3.8, 4) is 0 Å². The van der Waals surface area contributed by atoms with Crippen molar-refractivity contribution < 1.29 is 9.72 Å². The zero-order valence-corrected chi connectivity index (χ0v) is 11.5. The molecule has 0 saturated carbocycles. The molecule has 20 heavy (non-hydrogen) atoms. The second kappa shape index (κ2) is 5.90. The predicted octanol–water partition coefficient (Wildman–Crippen LogP) is 4.15. The van der Waals surface area contributed by atoms with Crippen molar-refractivity contribution in [2.24, 2.45) is 0 Å². The zero-order valence-electron chi connectivity index (χ0n) is 9.97. The Labute approximate surface area is 124 Å². The number of carbonyl (C=O) groups is 1. The van der Waals surface area contributed by atoms with Gasteiger partial charge in [0.15, 0.2) is 0 Å². The molecule has 0 saturated heterocycles. The summed E-state index contributed by atoms with van der Waals surface area (Å²) in [5.74, 6) is -0.563. The van der Waals surface area contributed by atoms with E-state index in [1.807, 2.05) is 0 Å². The average molecular weight is 311 g/mol. The maximum Gasteiger partial charge on any atom is 0.292 e. The van der Waals surface area contributed by atoms with Crippen molar-refractivity contribution in [1.29, 1.82) is 0 Å². The number of amides is 1. The van der Waals surface area contributed by atoms with Crippen LogP contribution in [0, 0.1) is 10.1 Å². The zero-order chi connectivity index (χ0) is 14.7. The molecule has 2 aromatic carbocycles. The molecule has 0 spiro atoms. The molecule has 0 unspecified atom stereocenters. The Bertz CT molecular complexity index is 689. The minimum atomic E-state index is -0.574. The van der Waals surface area contributed by atoms with E-state index in [0.29, 0.717) is 0 Å². The topological polar surface area (TPSA) is 72.2 Å². The van der Waals surface area contributed by atoms with Gasteiger partial charge in [-0.05, 0) is 18.2 Å². The molecule has 0 atom stereocenters. The molecule has 0 heterocycles. The number of nitrogens with one attached hydrogen (secondary N) is 1. The quantitative estimate of drug-likeness (QED) is 0.683. The van der Waals surface area contributed by atoms with E-state index in [0.717, 1.165) is 0 Å². The average Bonchev–Trinajstić information content (AvgIpc) is 2.42.